The van der Waals surface area contributed by atoms with E-state index < -0.39 is 10.0 Å². The lowest BCUT2D eigenvalue weighted by molar-refractivity contribution is 0.281. The fourth-order valence-corrected chi connectivity index (χ4v) is 5.27. The molecule has 7 heteroatoms. The smallest absolute Gasteiger partial charge is 0.243 e. The van der Waals surface area contributed by atoms with Gasteiger partial charge in [0.15, 0.2) is 5.96 Å². The summed E-state index contributed by atoms with van der Waals surface area (Å²) in [6.07, 6.45) is 2.94. The Labute approximate surface area is 180 Å². The molecule has 0 aromatic heterocycles. The van der Waals surface area contributed by atoms with E-state index in [4.69, 9.17) is 0 Å². The summed E-state index contributed by atoms with van der Waals surface area (Å²) >= 11 is 0. The Hall–Kier alpha value is -2.38. The van der Waals surface area contributed by atoms with Gasteiger partial charge in [-0.05, 0) is 48.4 Å². The summed E-state index contributed by atoms with van der Waals surface area (Å²) in [4.78, 5) is 4.62. The second-order valence-electron chi connectivity index (χ2n) is 7.84. The number of nitrogens with one attached hydrogen (secondary N) is 2. The van der Waals surface area contributed by atoms with Crippen molar-refractivity contribution in [1.82, 2.24) is 14.9 Å². The fraction of sp³-hybridized carbons (Fsp3) is 0.435. The van der Waals surface area contributed by atoms with Gasteiger partial charge in [-0.1, -0.05) is 49.4 Å². The highest BCUT2D eigenvalue weighted by Crippen LogP contribution is 2.23. The van der Waals surface area contributed by atoms with Gasteiger partial charge >= 0.3 is 0 Å². The minimum atomic E-state index is -3.41. The van der Waals surface area contributed by atoms with Crippen LogP contribution in [-0.2, 0) is 23.0 Å². The standard InChI is InChI=1S/C23H32N4O2S/c1-19-7-6-16-27(18-19)30(28,29)22-12-10-21(11-13-22)17-26-23(24-2)25-15-14-20-8-4-3-5-9-20/h3-5,8-13,19H,6-7,14-18H2,1-2H3,(H2,24,25,26). The van der Waals surface area contributed by atoms with Crippen molar-refractivity contribution in [2.75, 3.05) is 26.7 Å². The second kappa shape index (κ2) is 10.6. The molecule has 2 N–H and O–H groups in total. The molecule has 0 aliphatic carbocycles. The van der Waals surface area contributed by atoms with Crippen molar-refractivity contribution in [3.05, 3.63) is 65.7 Å². The van der Waals surface area contributed by atoms with Crippen LogP contribution in [0.1, 0.15) is 30.9 Å². The number of hydrogen-bond acceptors (Lipinski definition) is 3. The van der Waals surface area contributed by atoms with Gasteiger partial charge in [0.2, 0.25) is 10.0 Å². The molecule has 1 aliphatic rings. The summed E-state index contributed by atoms with van der Waals surface area (Å²) in [7, 11) is -1.67. The van der Waals surface area contributed by atoms with Crippen LogP contribution in [-0.4, -0.2) is 45.4 Å². The summed E-state index contributed by atoms with van der Waals surface area (Å²) in [6.45, 7) is 4.69. The molecule has 1 unspecified atom stereocenters. The van der Waals surface area contributed by atoms with Gasteiger partial charge in [0.05, 0.1) is 4.90 Å². The van der Waals surface area contributed by atoms with E-state index in [9.17, 15) is 8.42 Å². The maximum Gasteiger partial charge on any atom is 0.243 e. The third kappa shape index (κ3) is 6.06. The van der Waals surface area contributed by atoms with E-state index >= 15 is 0 Å². The average molecular weight is 429 g/mol. The van der Waals surface area contributed by atoms with Gasteiger partial charge in [-0.2, -0.15) is 4.31 Å². The van der Waals surface area contributed by atoms with Gasteiger partial charge in [-0.25, -0.2) is 8.42 Å². The first-order valence-corrected chi connectivity index (χ1v) is 12.0. The first-order valence-electron chi connectivity index (χ1n) is 10.6. The largest absolute Gasteiger partial charge is 0.356 e. The molecule has 0 spiro atoms. The molecule has 1 saturated heterocycles. The van der Waals surface area contributed by atoms with Crippen LogP contribution in [0.3, 0.4) is 0 Å². The van der Waals surface area contributed by atoms with Crippen LogP contribution < -0.4 is 10.6 Å². The number of sulfonamides is 1. The molecule has 0 amide bonds. The maximum atomic E-state index is 12.9. The van der Waals surface area contributed by atoms with Gasteiger partial charge in [-0.15, -0.1) is 0 Å². The highest BCUT2D eigenvalue weighted by Gasteiger charge is 2.28. The molecular formula is C23H32N4O2S. The number of guanidine groups is 1. The van der Waals surface area contributed by atoms with Gasteiger partial charge in [-0.3, -0.25) is 4.99 Å². The molecule has 1 heterocycles. The molecule has 1 aliphatic heterocycles. The number of benzene rings is 2. The lowest BCUT2D eigenvalue weighted by Crippen LogP contribution is -2.39. The highest BCUT2D eigenvalue weighted by atomic mass is 32.2. The number of piperidine rings is 1. The molecule has 6 nitrogen and oxygen atoms in total. The SMILES string of the molecule is CN=C(NCCc1ccccc1)NCc1ccc(S(=O)(=O)N2CCCC(C)C2)cc1. The minimum absolute atomic E-state index is 0.366. The molecule has 0 radical (unpaired) electrons. The first kappa shape index (κ1) is 22.3. The van der Waals surface area contributed by atoms with Crippen molar-refractivity contribution in [3.8, 4) is 0 Å². The monoisotopic (exact) mass is 428 g/mol. The normalized spacial score (nSPS) is 18.2. The van der Waals surface area contributed by atoms with Crippen molar-refractivity contribution in [1.29, 1.82) is 0 Å². The summed E-state index contributed by atoms with van der Waals surface area (Å²) in [5, 5.41) is 6.59. The highest BCUT2D eigenvalue weighted by molar-refractivity contribution is 7.89. The van der Waals surface area contributed by atoms with E-state index in [1.54, 1.807) is 23.5 Å². The zero-order valence-electron chi connectivity index (χ0n) is 17.8. The zero-order chi connectivity index (χ0) is 21.4. The van der Waals surface area contributed by atoms with Crippen LogP contribution in [0.2, 0.25) is 0 Å². The number of rotatable bonds is 7. The van der Waals surface area contributed by atoms with Gasteiger partial charge < -0.3 is 10.6 Å². The lowest BCUT2D eigenvalue weighted by atomic mass is 10.0. The van der Waals surface area contributed by atoms with E-state index in [1.165, 1.54) is 5.56 Å². The molecule has 3 rings (SSSR count). The molecule has 1 fully saturated rings. The first-order chi connectivity index (χ1) is 14.5. The van der Waals surface area contributed by atoms with Crippen molar-refractivity contribution in [2.24, 2.45) is 10.9 Å². The number of aliphatic imine (C=N–C) groups is 1. The van der Waals surface area contributed by atoms with Crippen LogP contribution in [0.15, 0.2) is 64.5 Å². The van der Waals surface area contributed by atoms with E-state index in [-0.39, 0.29) is 0 Å². The lowest BCUT2D eigenvalue weighted by Gasteiger charge is -2.30. The van der Waals surface area contributed by atoms with E-state index in [1.807, 2.05) is 30.3 Å². The number of nitrogens with zero attached hydrogens (tertiary/aromatic N) is 2. The molecule has 0 bridgehead atoms. The second-order valence-corrected chi connectivity index (χ2v) is 9.78. The number of hydrogen-bond donors (Lipinski definition) is 2. The minimum Gasteiger partial charge on any atom is -0.356 e. The van der Waals surface area contributed by atoms with Gasteiger partial charge in [0.1, 0.15) is 0 Å². The Kier molecular flexibility index (Phi) is 7.87. The Balaban J connectivity index is 1.51. The molecular weight excluding hydrogens is 396 g/mol. The topological polar surface area (TPSA) is 73.8 Å². The molecule has 0 saturated carbocycles. The van der Waals surface area contributed by atoms with Crippen LogP contribution in [0.25, 0.3) is 0 Å². The zero-order valence-corrected chi connectivity index (χ0v) is 18.7. The molecule has 30 heavy (non-hydrogen) atoms. The average Bonchev–Trinajstić information content (AvgIpc) is 2.77. The Morgan fingerprint density at radius 3 is 2.47 bits per heavy atom. The molecule has 2 aromatic rings. The van der Waals surface area contributed by atoms with Crippen molar-refractivity contribution in [2.45, 2.75) is 37.6 Å². The predicted octanol–water partition coefficient (Wildman–Crippen LogP) is 3.01. The Morgan fingerprint density at radius 1 is 1.07 bits per heavy atom. The third-order valence-corrected chi connectivity index (χ3v) is 7.29. The van der Waals surface area contributed by atoms with Crippen LogP contribution in [0, 0.1) is 5.92 Å². The molecule has 2 aromatic carbocycles. The quantitative estimate of drug-likeness (QED) is 0.525. The maximum absolute atomic E-state index is 12.9. The van der Waals surface area contributed by atoms with Crippen molar-refractivity contribution < 1.29 is 8.42 Å². The summed E-state index contributed by atoms with van der Waals surface area (Å²) in [5.74, 6) is 1.14. The van der Waals surface area contributed by atoms with Crippen LogP contribution in [0.5, 0.6) is 0 Å². The Morgan fingerprint density at radius 2 is 1.80 bits per heavy atom. The van der Waals surface area contributed by atoms with E-state index in [0.717, 1.165) is 37.3 Å². The third-order valence-electron chi connectivity index (χ3n) is 5.41. The fourth-order valence-electron chi connectivity index (χ4n) is 3.67. The van der Waals surface area contributed by atoms with Gasteiger partial charge in [0, 0.05) is 33.2 Å². The van der Waals surface area contributed by atoms with Gasteiger partial charge in [0.25, 0.3) is 0 Å². The summed E-state index contributed by atoms with van der Waals surface area (Å²) in [6, 6.07) is 17.5. The van der Waals surface area contributed by atoms with E-state index in [0.29, 0.717) is 30.4 Å². The van der Waals surface area contributed by atoms with Crippen molar-refractivity contribution in [3.63, 3.8) is 0 Å². The van der Waals surface area contributed by atoms with E-state index in [2.05, 4.69) is 34.7 Å². The Bertz CT molecular complexity index is 927. The summed E-state index contributed by atoms with van der Waals surface area (Å²) < 4.78 is 27.4. The molecule has 1 atom stereocenters. The van der Waals surface area contributed by atoms with Crippen LogP contribution >= 0.6 is 0 Å². The summed E-state index contributed by atoms with van der Waals surface area (Å²) in [5.41, 5.74) is 2.28. The van der Waals surface area contributed by atoms with Crippen LogP contribution in [0.4, 0.5) is 0 Å². The molecule has 162 valence electrons. The predicted molar refractivity (Wildman–Crippen MR) is 122 cm³/mol. The van der Waals surface area contributed by atoms with Crippen molar-refractivity contribution >= 4 is 16.0 Å².